The standard InChI is InChI=1S/C12H19N3OS2/c1-8-11(18-7-14-8)6-13-12(16)15-4-5-17-10(3)9(15)2/h7,9-10H,4-6H2,1-3H3,(H,13,16). The highest BCUT2D eigenvalue weighted by molar-refractivity contribution is 8.00. The molecule has 0 spiro atoms. The van der Waals surface area contributed by atoms with Crippen molar-refractivity contribution in [1.29, 1.82) is 0 Å². The van der Waals surface area contributed by atoms with Crippen molar-refractivity contribution in [1.82, 2.24) is 15.2 Å². The molecule has 1 aliphatic heterocycles. The molecule has 0 aliphatic carbocycles. The summed E-state index contributed by atoms with van der Waals surface area (Å²) < 4.78 is 0. The van der Waals surface area contributed by atoms with E-state index in [0.29, 0.717) is 17.8 Å². The van der Waals surface area contributed by atoms with E-state index < -0.39 is 0 Å². The Balaban J connectivity index is 1.90. The number of aryl methyl sites for hydroxylation is 1. The van der Waals surface area contributed by atoms with Gasteiger partial charge in [-0.2, -0.15) is 11.8 Å². The van der Waals surface area contributed by atoms with Gasteiger partial charge in [0.25, 0.3) is 0 Å². The van der Waals surface area contributed by atoms with Gasteiger partial charge in [0.1, 0.15) is 0 Å². The van der Waals surface area contributed by atoms with Crippen LogP contribution in [-0.4, -0.2) is 39.5 Å². The Bertz CT molecular complexity index is 421. The average molecular weight is 285 g/mol. The Labute approximate surface area is 116 Å². The van der Waals surface area contributed by atoms with Crippen molar-refractivity contribution in [3.05, 3.63) is 16.1 Å². The second-order valence-electron chi connectivity index (χ2n) is 4.53. The number of carbonyl (C=O) groups is 1. The smallest absolute Gasteiger partial charge is 0.317 e. The molecule has 0 saturated carbocycles. The number of thioether (sulfide) groups is 1. The van der Waals surface area contributed by atoms with Crippen LogP contribution in [-0.2, 0) is 6.54 Å². The summed E-state index contributed by atoms with van der Waals surface area (Å²) in [6.45, 7) is 7.69. The van der Waals surface area contributed by atoms with E-state index in [1.54, 1.807) is 11.3 Å². The summed E-state index contributed by atoms with van der Waals surface area (Å²) in [6, 6.07) is 0.341. The second-order valence-corrected chi connectivity index (χ2v) is 6.95. The zero-order chi connectivity index (χ0) is 13.1. The summed E-state index contributed by atoms with van der Waals surface area (Å²) in [5, 5.41) is 3.50. The lowest BCUT2D eigenvalue weighted by atomic mass is 10.2. The SMILES string of the molecule is Cc1ncsc1CNC(=O)N1CCSC(C)C1C. The number of nitrogens with zero attached hydrogens (tertiary/aromatic N) is 2. The summed E-state index contributed by atoms with van der Waals surface area (Å²) in [7, 11) is 0. The number of urea groups is 1. The van der Waals surface area contributed by atoms with Crippen molar-refractivity contribution in [2.24, 2.45) is 0 Å². The number of hydrogen-bond donors (Lipinski definition) is 1. The van der Waals surface area contributed by atoms with Gasteiger partial charge in [-0.05, 0) is 13.8 Å². The number of nitrogens with one attached hydrogen (secondary N) is 1. The first kappa shape index (κ1) is 13.7. The van der Waals surface area contributed by atoms with Gasteiger partial charge >= 0.3 is 6.03 Å². The molecule has 2 amide bonds. The normalized spacial score (nSPS) is 24.1. The molecule has 2 atom stereocenters. The second kappa shape index (κ2) is 5.93. The van der Waals surface area contributed by atoms with Crippen LogP contribution >= 0.6 is 23.1 Å². The first-order valence-electron chi connectivity index (χ1n) is 6.14. The maximum Gasteiger partial charge on any atom is 0.317 e. The molecule has 1 fully saturated rings. The molecular formula is C12H19N3OS2. The Morgan fingerprint density at radius 2 is 2.39 bits per heavy atom. The van der Waals surface area contributed by atoms with E-state index in [2.05, 4.69) is 24.1 Å². The predicted octanol–water partition coefficient (Wildman–Crippen LogP) is 2.49. The Morgan fingerprint density at radius 1 is 1.61 bits per heavy atom. The molecule has 2 unspecified atom stereocenters. The van der Waals surface area contributed by atoms with Crippen LogP contribution in [0, 0.1) is 6.92 Å². The van der Waals surface area contributed by atoms with E-state index in [-0.39, 0.29) is 6.03 Å². The quantitative estimate of drug-likeness (QED) is 0.908. The van der Waals surface area contributed by atoms with Gasteiger partial charge in [0, 0.05) is 28.5 Å². The van der Waals surface area contributed by atoms with Crippen LogP contribution in [0.15, 0.2) is 5.51 Å². The van der Waals surface area contributed by atoms with Gasteiger partial charge in [0.05, 0.1) is 17.7 Å². The van der Waals surface area contributed by atoms with Gasteiger partial charge in [-0.25, -0.2) is 9.78 Å². The largest absolute Gasteiger partial charge is 0.333 e. The fourth-order valence-electron chi connectivity index (χ4n) is 1.97. The fraction of sp³-hybridized carbons (Fsp3) is 0.667. The van der Waals surface area contributed by atoms with Crippen LogP contribution in [0.2, 0.25) is 0 Å². The molecular weight excluding hydrogens is 266 g/mol. The maximum absolute atomic E-state index is 12.2. The van der Waals surface area contributed by atoms with Gasteiger partial charge in [-0.3, -0.25) is 0 Å². The van der Waals surface area contributed by atoms with E-state index in [0.717, 1.165) is 22.9 Å². The van der Waals surface area contributed by atoms with Crippen LogP contribution in [0.1, 0.15) is 24.4 Å². The first-order chi connectivity index (χ1) is 8.59. The van der Waals surface area contributed by atoms with Crippen molar-refractivity contribution in [2.45, 2.75) is 38.6 Å². The van der Waals surface area contributed by atoms with E-state index >= 15 is 0 Å². The molecule has 1 N–H and O–H groups in total. The lowest BCUT2D eigenvalue weighted by Gasteiger charge is -2.37. The molecule has 1 aromatic rings. The molecule has 4 nitrogen and oxygen atoms in total. The van der Waals surface area contributed by atoms with Crippen LogP contribution in [0.25, 0.3) is 0 Å². The summed E-state index contributed by atoms with van der Waals surface area (Å²) >= 11 is 3.53. The highest BCUT2D eigenvalue weighted by Gasteiger charge is 2.28. The zero-order valence-electron chi connectivity index (χ0n) is 11.0. The van der Waals surface area contributed by atoms with Gasteiger partial charge in [0.2, 0.25) is 0 Å². The molecule has 2 heterocycles. The number of hydrogen-bond acceptors (Lipinski definition) is 4. The number of carbonyl (C=O) groups excluding carboxylic acids is 1. The number of aromatic nitrogens is 1. The molecule has 6 heteroatoms. The van der Waals surface area contributed by atoms with Crippen LogP contribution in [0.3, 0.4) is 0 Å². The minimum Gasteiger partial charge on any atom is -0.333 e. The highest BCUT2D eigenvalue weighted by atomic mass is 32.2. The monoisotopic (exact) mass is 285 g/mol. The highest BCUT2D eigenvalue weighted by Crippen LogP contribution is 2.24. The van der Waals surface area contributed by atoms with E-state index in [1.165, 1.54) is 0 Å². The maximum atomic E-state index is 12.2. The molecule has 100 valence electrons. The van der Waals surface area contributed by atoms with Crippen LogP contribution in [0.4, 0.5) is 4.79 Å². The Hall–Kier alpha value is -0.750. The van der Waals surface area contributed by atoms with Gasteiger partial charge in [-0.1, -0.05) is 6.92 Å². The van der Waals surface area contributed by atoms with Crippen molar-refractivity contribution in [2.75, 3.05) is 12.3 Å². The predicted molar refractivity (Wildman–Crippen MR) is 77.2 cm³/mol. The lowest BCUT2D eigenvalue weighted by Crippen LogP contribution is -2.51. The topological polar surface area (TPSA) is 45.2 Å². The average Bonchev–Trinajstić information content (AvgIpc) is 2.75. The van der Waals surface area contributed by atoms with Crippen LogP contribution < -0.4 is 5.32 Å². The Kier molecular flexibility index (Phi) is 4.50. The van der Waals surface area contributed by atoms with Crippen molar-refractivity contribution >= 4 is 29.1 Å². The fourth-order valence-corrected chi connectivity index (χ4v) is 3.79. The number of amides is 2. The molecule has 1 aromatic heterocycles. The van der Waals surface area contributed by atoms with E-state index in [4.69, 9.17) is 0 Å². The van der Waals surface area contributed by atoms with Crippen molar-refractivity contribution < 1.29 is 4.79 Å². The van der Waals surface area contributed by atoms with Crippen molar-refractivity contribution in [3.8, 4) is 0 Å². The molecule has 0 aromatic carbocycles. The number of thiazole rings is 1. The van der Waals surface area contributed by atoms with Crippen molar-refractivity contribution in [3.63, 3.8) is 0 Å². The third-order valence-corrected chi connectivity index (χ3v) is 5.66. The van der Waals surface area contributed by atoms with Gasteiger partial charge in [0.15, 0.2) is 0 Å². The Morgan fingerprint density at radius 3 is 3.06 bits per heavy atom. The summed E-state index contributed by atoms with van der Waals surface area (Å²) in [6.07, 6.45) is 0. The first-order valence-corrected chi connectivity index (χ1v) is 8.07. The summed E-state index contributed by atoms with van der Waals surface area (Å²) in [4.78, 5) is 19.4. The molecule has 18 heavy (non-hydrogen) atoms. The minimum atomic E-state index is 0.0439. The summed E-state index contributed by atoms with van der Waals surface area (Å²) in [5.74, 6) is 1.03. The molecule has 2 rings (SSSR count). The van der Waals surface area contributed by atoms with Crippen LogP contribution in [0.5, 0.6) is 0 Å². The molecule has 1 saturated heterocycles. The molecule has 0 bridgehead atoms. The minimum absolute atomic E-state index is 0.0439. The third-order valence-electron chi connectivity index (χ3n) is 3.39. The third kappa shape index (κ3) is 2.98. The number of rotatable bonds is 2. The zero-order valence-corrected chi connectivity index (χ0v) is 12.6. The summed E-state index contributed by atoms with van der Waals surface area (Å²) in [5.41, 5.74) is 2.83. The molecule has 0 radical (unpaired) electrons. The molecule has 1 aliphatic rings. The van der Waals surface area contributed by atoms with Gasteiger partial charge in [-0.15, -0.1) is 11.3 Å². The van der Waals surface area contributed by atoms with E-state index in [1.807, 2.05) is 29.1 Å². The lowest BCUT2D eigenvalue weighted by molar-refractivity contribution is 0.180. The van der Waals surface area contributed by atoms with Gasteiger partial charge < -0.3 is 10.2 Å². The van der Waals surface area contributed by atoms with E-state index in [9.17, 15) is 4.79 Å².